The van der Waals surface area contributed by atoms with Gasteiger partial charge < -0.3 is 45.7 Å². The van der Waals surface area contributed by atoms with Crippen LogP contribution in [0.25, 0.3) is 0 Å². The second kappa shape index (κ2) is 18.2. The number of azo groups is 1. The van der Waals surface area contributed by atoms with Gasteiger partial charge in [-0.1, -0.05) is 25.1 Å². The number of ether oxygens (including phenoxy) is 3. The molecule has 14 nitrogen and oxygen atoms in total. The number of nitrogens with zero attached hydrogens (tertiary/aromatic N) is 4. The summed E-state index contributed by atoms with van der Waals surface area (Å²) in [7, 11) is -0.997. The molecule has 0 saturated carbocycles. The Morgan fingerprint density at radius 2 is 1.70 bits per heavy atom. The largest absolute Gasteiger partial charge is 0.495 e. The smallest absolute Gasteiger partial charge is 0.183 e. The Hall–Kier alpha value is -4.02. The van der Waals surface area contributed by atoms with Crippen LogP contribution in [0, 0.1) is 6.92 Å². The highest BCUT2D eigenvalue weighted by Crippen LogP contribution is 2.41. The van der Waals surface area contributed by atoms with Gasteiger partial charge in [-0.25, -0.2) is 13.4 Å². The van der Waals surface area contributed by atoms with Gasteiger partial charge in [-0.2, -0.15) is 0 Å². The number of aromatic nitrogens is 1. The molecule has 2 aromatic carbocycles. The first-order valence-electron chi connectivity index (χ1n) is 15.0. The molecule has 3 aromatic rings. The minimum atomic E-state index is -3.79. The first-order valence-corrected chi connectivity index (χ1v) is 16.6. The van der Waals surface area contributed by atoms with Crippen LogP contribution in [0.1, 0.15) is 18.9 Å². The van der Waals surface area contributed by atoms with Crippen LogP contribution in [0.3, 0.4) is 0 Å². The van der Waals surface area contributed by atoms with Crippen LogP contribution in [0.15, 0.2) is 57.6 Å². The van der Waals surface area contributed by atoms with Gasteiger partial charge in [0.15, 0.2) is 21.5 Å². The van der Waals surface area contributed by atoms with Gasteiger partial charge in [-0.15, -0.1) is 10.2 Å². The van der Waals surface area contributed by atoms with Gasteiger partial charge in [0.2, 0.25) is 0 Å². The van der Waals surface area contributed by atoms with Crippen molar-refractivity contribution in [1.82, 2.24) is 9.88 Å². The molecule has 1 heterocycles. The molecule has 0 saturated heterocycles. The second-order valence-corrected chi connectivity index (χ2v) is 12.3. The average Bonchev–Trinajstić information content (AvgIpc) is 3.05. The maximum Gasteiger partial charge on any atom is 0.183 e. The molecular weight excluding hydrogens is 614 g/mol. The zero-order chi connectivity index (χ0) is 33.5. The van der Waals surface area contributed by atoms with E-state index in [2.05, 4.69) is 25.8 Å². The lowest BCUT2D eigenvalue weighted by atomic mass is 10.2. The minimum absolute atomic E-state index is 0.0325. The number of nitrogens with two attached hydrogens (primary N) is 1. The Bertz CT molecular complexity index is 1530. The molecule has 15 heteroatoms. The van der Waals surface area contributed by atoms with Gasteiger partial charge in [0.25, 0.3) is 0 Å². The van der Waals surface area contributed by atoms with E-state index in [1.54, 1.807) is 6.92 Å². The lowest BCUT2D eigenvalue weighted by Gasteiger charge is -2.21. The number of nitrogens with one attached hydrogen (secondary N) is 2. The molecule has 0 atom stereocenters. The third-order valence-corrected chi connectivity index (χ3v) is 8.67. The van der Waals surface area contributed by atoms with Crippen LogP contribution in [0.4, 0.5) is 34.4 Å². The molecule has 3 rings (SSSR count). The van der Waals surface area contributed by atoms with E-state index in [1.807, 2.05) is 42.2 Å². The average molecular weight is 660 g/mol. The summed E-state index contributed by atoms with van der Waals surface area (Å²) in [5.41, 5.74) is 8.83. The Balaban J connectivity index is 1.98. The predicted octanol–water partition coefficient (Wildman–Crippen LogP) is 4.05. The second-order valence-electron chi connectivity index (χ2n) is 10.2. The van der Waals surface area contributed by atoms with Gasteiger partial charge in [0.05, 0.1) is 52.1 Å². The van der Waals surface area contributed by atoms with Crippen molar-refractivity contribution >= 4 is 44.2 Å². The SMILES string of the molecule is CCCN(CCO)CCS(=O)(=O)c1cc(OC)c(N=Nc2c(NCCOCCO)nc(Nc3ccccc3)c(N)c2C)cc1OC. The molecule has 252 valence electrons. The van der Waals surface area contributed by atoms with Gasteiger partial charge in [-0.3, -0.25) is 0 Å². The fourth-order valence-electron chi connectivity index (χ4n) is 4.55. The molecule has 6 N–H and O–H groups in total. The van der Waals surface area contributed by atoms with Crippen molar-refractivity contribution in [3.63, 3.8) is 0 Å². The van der Waals surface area contributed by atoms with E-state index in [0.29, 0.717) is 54.8 Å². The van der Waals surface area contributed by atoms with Gasteiger partial charge in [0, 0.05) is 43.0 Å². The van der Waals surface area contributed by atoms with Crippen molar-refractivity contribution in [2.24, 2.45) is 10.2 Å². The molecule has 0 unspecified atom stereocenters. The fourth-order valence-corrected chi connectivity index (χ4v) is 6.00. The van der Waals surface area contributed by atoms with Gasteiger partial charge in [-0.05, 0) is 32.0 Å². The number of nitrogen functional groups attached to an aromatic ring is 1. The van der Waals surface area contributed by atoms with E-state index in [0.717, 1.165) is 12.1 Å². The Kier molecular flexibility index (Phi) is 14.4. The molecule has 0 amide bonds. The summed E-state index contributed by atoms with van der Waals surface area (Å²) in [5, 5.41) is 33.7. The van der Waals surface area contributed by atoms with Crippen LogP contribution in [0.2, 0.25) is 0 Å². The quantitative estimate of drug-likeness (QED) is 0.0865. The number of para-hydroxylation sites is 1. The Morgan fingerprint density at radius 3 is 2.35 bits per heavy atom. The normalized spacial score (nSPS) is 11.7. The van der Waals surface area contributed by atoms with E-state index < -0.39 is 9.84 Å². The fraction of sp³-hybridized carbons (Fsp3) is 0.452. The number of hydrogen-bond donors (Lipinski definition) is 5. The van der Waals surface area contributed by atoms with E-state index in [9.17, 15) is 13.5 Å². The first-order chi connectivity index (χ1) is 22.2. The number of benzene rings is 2. The minimum Gasteiger partial charge on any atom is -0.495 e. The zero-order valence-corrected chi connectivity index (χ0v) is 27.6. The van der Waals surface area contributed by atoms with Crippen molar-refractivity contribution in [2.75, 3.05) is 88.9 Å². The van der Waals surface area contributed by atoms with Crippen LogP contribution in [0.5, 0.6) is 11.5 Å². The highest BCUT2D eigenvalue weighted by molar-refractivity contribution is 7.91. The third kappa shape index (κ3) is 9.99. The summed E-state index contributed by atoms with van der Waals surface area (Å²) in [6, 6.07) is 12.3. The number of rotatable bonds is 20. The van der Waals surface area contributed by atoms with E-state index >= 15 is 0 Å². The molecule has 0 aliphatic heterocycles. The number of pyridine rings is 1. The van der Waals surface area contributed by atoms with E-state index in [-0.39, 0.29) is 54.2 Å². The highest BCUT2D eigenvalue weighted by atomic mass is 32.2. The summed E-state index contributed by atoms with van der Waals surface area (Å²) in [6.45, 7) is 5.83. The standard InChI is InChI=1S/C31H45N7O7S/c1-5-12-38(13-15-39)14-19-46(41,42)27-21-25(43-3)24(20-26(27)44-4)36-37-29-22(2)28(32)30(34-23-9-7-6-8-10-23)35-31(29)33-11-17-45-18-16-40/h6-10,20-21,39-40H,5,11-19,32H2,1-4H3,(H2,33,34,35). The predicted molar refractivity (Wildman–Crippen MR) is 179 cm³/mol. The van der Waals surface area contributed by atoms with Crippen molar-refractivity contribution in [3.05, 3.63) is 48.0 Å². The summed E-state index contributed by atoms with van der Waals surface area (Å²) in [4.78, 5) is 6.55. The zero-order valence-electron chi connectivity index (χ0n) is 26.8. The molecule has 46 heavy (non-hydrogen) atoms. The van der Waals surface area contributed by atoms with Crippen molar-refractivity contribution < 1.29 is 32.8 Å². The molecule has 0 radical (unpaired) electrons. The third-order valence-electron chi connectivity index (χ3n) is 6.96. The number of sulfone groups is 1. The number of aliphatic hydroxyl groups is 2. The maximum atomic E-state index is 13.4. The van der Waals surface area contributed by atoms with Crippen molar-refractivity contribution in [3.8, 4) is 11.5 Å². The van der Waals surface area contributed by atoms with E-state index in [1.165, 1.54) is 26.4 Å². The molecule has 0 spiro atoms. The van der Waals surface area contributed by atoms with Crippen LogP contribution >= 0.6 is 0 Å². The van der Waals surface area contributed by atoms with Crippen LogP contribution in [-0.4, -0.2) is 101 Å². The lowest BCUT2D eigenvalue weighted by Crippen LogP contribution is -2.32. The van der Waals surface area contributed by atoms with Crippen molar-refractivity contribution in [2.45, 2.75) is 25.2 Å². The summed E-state index contributed by atoms with van der Waals surface area (Å²) >= 11 is 0. The number of anilines is 4. The monoisotopic (exact) mass is 659 g/mol. The van der Waals surface area contributed by atoms with Crippen molar-refractivity contribution in [1.29, 1.82) is 0 Å². The molecule has 0 fully saturated rings. The summed E-state index contributed by atoms with van der Waals surface area (Å²) in [6.07, 6.45) is 0.832. The van der Waals surface area contributed by atoms with Crippen LogP contribution < -0.4 is 25.8 Å². The summed E-state index contributed by atoms with van der Waals surface area (Å²) in [5.74, 6) is 0.905. The Morgan fingerprint density at radius 1 is 0.957 bits per heavy atom. The molecule has 0 bridgehead atoms. The molecule has 0 aliphatic rings. The van der Waals surface area contributed by atoms with Crippen LogP contribution in [-0.2, 0) is 14.6 Å². The number of hydrogen-bond acceptors (Lipinski definition) is 14. The lowest BCUT2D eigenvalue weighted by molar-refractivity contribution is 0.0992. The maximum absolute atomic E-state index is 13.4. The van der Waals surface area contributed by atoms with E-state index in [4.69, 9.17) is 25.1 Å². The molecular formula is C31H45N7O7S. The summed E-state index contributed by atoms with van der Waals surface area (Å²) < 4.78 is 43.2. The van der Waals surface area contributed by atoms with Gasteiger partial charge in [0.1, 0.15) is 27.8 Å². The van der Waals surface area contributed by atoms with Gasteiger partial charge >= 0.3 is 0 Å². The topological polar surface area (TPSA) is 193 Å². The highest BCUT2D eigenvalue weighted by Gasteiger charge is 2.24. The number of methoxy groups -OCH3 is 2. The number of aliphatic hydroxyl groups excluding tert-OH is 2. The Labute approximate surface area is 270 Å². The molecule has 1 aromatic heterocycles. The molecule has 0 aliphatic carbocycles. The first kappa shape index (κ1) is 36.4.